The van der Waals surface area contributed by atoms with Crippen molar-refractivity contribution in [3.8, 4) is 0 Å². The highest BCUT2D eigenvalue weighted by Gasteiger charge is 2.25. The molecule has 0 aliphatic rings. The summed E-state index contributed by atoms with van der Waals surface area (Å²) in [5.74, 6) is -2.00. The number of likely N-dealkylation sites (N-methyl/N-ethyl adjacent to an activating group) is 1. The zero-order valence-corrected chi connectivity index (χ0v) is 49.7. The van der Waals surface area contributed by atoms with E-state index < -0.39 is 24.3 Å². The predicted molar refractivity (Wildman–Crippen MR) is 318 cm³/mol. The second-order valence-corrected chi connectivity index (χ2v) is 22.3. The number of esters is 2. The smallest absolute Gasteiger partial charge is 0.361 e. The molecule has 0 radical (unpaired) electrons. The van der Waals surface area contributed by atoms with Crippen molar-refractivity contribution in [3.05, 3.63) is 60.8 Å². The summed E-state index contributed by atoms with van der Waals surface area (Å²) in [6.07, 6.45) is 70.3. The van der Waals surface area contributed by atoms with Crippen molar-refractivity contribution in [2.45, 2.75) is 296 Å². The van der Waals surface area contributed by atoms with E-state index in [1.54, 1.807) is 0 Å². The van der Waals surface area contributed by atoms with Gasteiger partial charge in [0, 0.05) is 12.8 Å². The molecule has 0 saturated heterocycles. The number of ether oxygens (including phenoxy) is 4. The zero-order chi connectivity index (χ0) is 54.8. The standard InChI is InChI=1S/C66H119NO8/c1-6-8-10-12-14-16-18-20-22-24-25-26-27-28-29-30-31-32-33-34-35-36-37-38-39-41-43-45-47-49-51-53-55-57-64(69)75-62(61-74-66(65(70)71)72-59-58-67(3,4)5)60-73-63(68)56-54-52-50-48-46-44-42-40-23-21-19-17-15-13-11-9-7-2/h8,10,14,16,20-23,25-26,62,66H,6-7,9,11-13,15,17-19,24,27-61H2,1-5H3/p+1/b10-8-,16-14-,22-20-,23-21-,26-25-. The Balaban J connectivity index is 4.09. The highest BCUT2D eigenvalue weighted by Crippen LogP contribution is 2.17. The van der Waals surface area contributed by atoms with E-state index in [1.165, 1.54) is 193 Å². The molecule has 0 heterocycles. The summed E-state index contributed by atoms with van der Waals surface area (Å²) >= 11 is 0. The molecule has 2 unspecified atom stereocenters. The molecule has 2 atom stereocenters. The first-order valence-electron chi connectivity index (χ1n) is 31.5. The summed E-state index contributed by atoms with van der Waals surface area (Å²) in [4.78, 5) is 37.5. The second kappa shape index (κ2) is 57.2. The van der Waals surface area contributed by atoms with Crippen LogP contribution in [0.4, 0.5) is 0 Å². The summed E-state index contributed by atoms with van der Waals surface area (Å²) in [5, 5.41) is 9.71. The Labute approximate surface area is 463 Å². The highest BCUT2D eigenvalue weighted by atomic mass is 16.7. The fourth-order valence-electron chi connectivity index (χ4n) is 8.94. The Morgan fingerprint density at radius 2 is 0.760 bits per heavy atom. The van der Waals surface area contributed by atoms with Crippen LogP contribution in [0.1, 0.15) is 284 Å². The Hall–Kier alpha value is -3.01. The number of hydrogen-bond donors (Lipinski definition) is 1. The Kier molecular flexibility index (Phi) is 54.9. The lowest BCUT2D eigenvalue weighted by Crippen LogP contribution is -2.40. The van der Waals surface area contributed by atoms with Crippen LogP contribution in [0.5, 0.6) is 0 Å². The average Bonchev–Trinajstić information content (AvgIpc) is 3.38. The van der Waals surface area contributed by atoms with Gasteiger partial charge in [-0.3, -0.25) is 9.59 Å². The van der Waals surface area contributed by atoms with E-state index >= 15 is 0 Å². The maximum Gasteiger partial charge on any atom is 0.361 e. The third kappa shape index (κ3) is 58.5. The number of nitrogens with zero attached hydrogens (tertiary/aromatic N) is 1. The van der Waals surface area contributed by atoms with E-state index in [2.05, 4.69) is 74.6 Å². The molecular weight excluding hydrogens is 935 g/mol. The van der Waals surface area contributed by atoms with E-state index in [0.717, 1.165) is 64.2 Å². The number of carbonyl (C=O) groups is 3. The number of hydrogen-bond acceptors (Lipinski definition) is 7. The summed E-state index contributed by atoms with van der Waals surface area (Å²) in [6.45, 7) is 4.79. The number of allylic oxidation sites excluding steroid dienone is 10. The minimum Gasteiger partial charge on any atom is -0.477 e. The average molecular weight is 1060 g/mol. The van der Waals surface area contributed by atoms with Gasteiger partial charge in [0.1, 0.15) is 13.2 Å². The normalized spacial score (nSPS) is 13.1. The van der Waals surface area contributed by atoms with Gasteiger partial charge in [0.05, 0.1) is 34.4 Å². The Morgan fingerprint density at radius 1 is 0.413 bits per heavy atom. The van der Waals surface area contributed by atoms with E-state index in [0.29, 0.717) is 17.4 Å². The fourth-order valence-corrected chi connectivity index (χ4v) is 8.94. The minimum absolute atomic E-state index is 0.182. The molecule has 0 bridgehead atoms. The van der Waals surface area contributed by atoms with Gasteiger partial charge in [0.25, 0.3) is 6.29 Å². The maximum atomic E-state index is 12.9. The molecule has 0 rings (SSSR count). The van der Waals surface area contributed by atoms with Gasteiger partial charge in [-0.25, -0.2) is 4.79 Å². The van der Waals surface area contributed by atoms with Crippen molar-refractivity contribution in [1.82, 2.24) is 0 Å². The third-order valence-corrected chi connectivity index (χ3v) is 13.8. The lowest BCUT2D eigenvalue weighted by Gasteiger charge is -2.25. The third-order valence-electron chi connectivity index (χ3n) is 13.8. The van der Waals surface area contributed by atoms with Gasteiger partial charge < -0.3 is 28.5 Å². The van der Waals surface area contributed by atoms with Gasteiger partial charge in [0.15, 0.2) is 6.10 Å². The van der Waals surface area contributed by atoms with Crippen molar-refractivity contribution < 1.29 is 42.9 Å². The van der Waals surface area contributed by atoms with Gasteiger partial charge >= 0.3 is 17.9 Å². The predicted octanol–water partition coefficient (Wildman–Crippen LogP) is 18.8. The fraction of sp³-hybridized carbons (Fsp3) is 0.803. The van der Waals surface area contributed by atoms with Gasteiger partial charge in [-0.15, -0.1) is 0 Å². The highest BCUT2D eigenvalue weighted by molar-refractivity contribution is 5.71. The van der Waals surface area contributed by atoms with Crippen LogP contribution in [0.2, 0.25) is 0 Å². The van der Waals surface area contributed by atoms with Gasteiger partial charge in [-0.2, -0.15) is 0 Å². The molecular formula is C66H120NO8+. The van der Waals surface area contributed by atoms with Crippen LogP contribution in [-0.2, 0) is 33.3 Å². The SMILES string of the molecule is CC/C=C\C/C=C\C/C=C\C/C=C\CCCCCCCCCCCCCCCCCCCCCCC(=O)OC(COC(=O)CCCCCCCCC/C=C\CCCCCCCC)COC(OCC[N+](C)(C)C)C(=O)O. The number of quaternary nitrogens is 1. The van der Waals surface area contributed by atoms with E-state index in [-0.39, 0.29) is 32.2 Å². The number of carbonyl (C=O) groups excluding carboxylic acids is 2. The van der Waals surface area contributed by atoms with Crippen LogP contribution in [0.25, 0.3) is 0 Å². The lowest BCUT2D eigenvalue weighted by molar-refractivity contribution is -0.870. The van der Waals surface area contributed by atoms with Gasteiger partial charge in [-0.1, -0.05) is 254 Å². The Bertz CT molecular complexity index is 1410. The molecule has 0 aliphatic carbocycles. The molecule has 0 aromatic carbocycles. The lowest BCUT2D eigenvalue weighted by atomic mass is 10.0. The molecule has 0 aromatic heterocycles. The van der Waals surface area contributed by atoms with E-state index in [1.807, 2.05) is 21.1 Å². The van der Waals surface area contributed by atoms with Gasteiger partial charge in [0.2, 0.25) is 0 Å². The molecule has 0 amide bonds. The molecule has 1 N–H and O–H groups in total. The van der Waals surface area contributed by atoms with Crippen LogP contribution >= 0.6 is 0 Å². The number of rotatable bonds is 58. The van der Waals surface area contributed by atoms with Crippen molar-refractivity contribution in [2.75, 3.05) is 47.5 Å². The molecule has 9 nitrogen and oxygen atoms in total. The van der Waals surface area contributed by atoms with Crippen LogP contribution in [-0.4, -0.2) is 87.4 Å². The monoisotopic (exact) mass is 1050 g/mol. The first-order chi connectivity index (χ1) is 36.6. The number of carboxylic acid groups (broad SMARTS) is 1. The summed E-state index contributed by atoms with van der Waals surface area (Å²) in [6, 6.07) is 0. The quantitative estimate of drug-likeness (QED) is 0.0211. The van der Waals surface area contributed by atoms with Gasteiger partial charge in [-0.05, 0) is 77.0 Å². The second-order valence-electron chi connectivity index (χ2n) is 22.3. The van der Waals surface area contributed by atoms with Crippen LogP contribution in [0.15, 0.2) is 60.8 Å². The van der Waals surface area contributed by atoms with E-state index in [9.17, 15) is 19.5 Å². The minimum atomic E-state index is -1.51. The van der Waals surface area contributed by atoms with Crippen LogP contribution in [0.3, 0.4) is 0 Å². The summed E-state index contributed by atoms with van der Waals surface area (Å²) in [7, 11) is 5.98. The molecule has 9 heteroatoms. The van der Waals surface area contributed by atoms with Crippen molar-refractivity contribution >= 4 is 17.9 Å². The van der Waals surface area contributed by atoms with Crippen molar-refractivity contribution in [2.24, 2.45) is 0 Å². The molecule has 0 spiro atoms. The Morgan fingerprint density at radius 3 is 1.15 bits per heavy atom. The van der Waals surface area contributed by atoms with Crippen molar-refractivity contribution in [1.29, 1.82) is 0 Å². The molecule has 0 aromatic rings. The molecule has 0 aliphatic heterocycles. The molecule has 436 valence electrons. The first kappa shape index (κ1) is 72.0. The van der Waals surface area contributed by atoms with E-state index in [4.69, 9.17) is 18.9 Å². The summed E-state index contributed by atoms with van der Waals surface area (Å²) < 4.78 is 22.9. The number of unbranched alkanes of at least 4 members (excludes halogenated alkanes) is 33. The number of carboxylic acids is 1. The van der Waals surface area contributed by atoms with Crippen molar-refractivity contribution in [3.63, 3.8) is 0 Å². The molecule has 0 saturated carbocycles. The first-order valence-corrected chi connectivity index (χ1v) is 31.5. The zero-order valence-electron chi connectivity index (χ0n) is 49.7. The van der Waals surface area contributed by atoms with Crippen LogP contribution in [0, 0.1) is 0 Å². The molecule has 75 heavy (non-hydrogen) atoms. The molecule has 0 fully saturated rings. The summed E-state index contributed by atoms with van der Waals surface area (Å²) in [5.41, 5.74) is 0. The number of aliphatic carboxylic acids is 1. The van der Waals surface area contributed by atoms with Crippen LogP contribution < -0.4 is 0 Å². The largest absolute Gasteiger partial charge is 0.477 e. The maximum absolute atomic E-state index is 12.9. The topological polar surface area (TPSA) is 108 Å².